The summed E-state index contributed by atoms with van der Waals surface area (Å²) in [6.07, 6.45) is 2.04. The van der Waals surface area contributed by atoms with Gasteiger partial charge < -0.3 is 5.11 Å². The van der Waals surface area contributed by atoms with E-state index in [9.17, 15) is 8.78 Å². The quantitative estimate of drug-likeness (QED) is 0.619. The summed E-state index contributed by atoms with van der Waals surface area (Å²) in [5, 5.41) is 8.28. The third kappa shape index (κ3) is 1.77. The highest BCUT2D eigenvalue weighted by Gasteiger charge is 1.99. The smallest absolute Gasteiger partial charge is 0.159 e. The van der Waals surface area contributed by atoms with E-state index in [-0.39, 0.29) is 0 Å². The first-order chi connectivity index (χ1) is 5.24. The molecule has 0 fully saturated rings. The number of aliphatic hydroxyl groups excluding tert-OH is 1. The minimum Gasteiger partial charge on any atom is -0.516 e. The average molecular weight is 156 g/mol. The number of rotatable bonds is 1. The lowest BCUT2D eigenvalue weighted by Crippen LogP contribution is -1.83. The maximum Gasteiger partial charge on any atom is 0.159 e. The Morgan fingerprint density at radius 2 is 1.91 bits per heavy atom. The molecule has 0 aromatic heterocycles. The van der Waals surface area contributed by atoms with Crippen LogP contribution in [-0.4, -0.2) is 5.11 Å². The van der Waals surface area contributed by atoms with Gasteiger partial charge in [0, 0.05) is 0 Å². The molecule has 0 aliphatic heterocycles. The van der Waals surface area contributed by atoms with Gasteiger partial charge in [0.15, 0.2) is 11.6 Å². The van der Waals surface area contributed by atoms with E-state index in [2.05, 4.69) is 0 Å². The Kier molecular flexibility index (Phi) is 2.21. The second-order valence-corrected chi connectivity index (χ2v) is 1.99. The van der Waals surface area contributed by atoms with Crippen LogP contribution in [0.1, 0.15) is 5.56 Å². The molecule has 1 nitrogen and oxygen atoms in total. The summed E-state index contributed by atoms with van der Waals surface area (Å²) in [5.41, 5.74) is 0.423. The predicted octanol–water partition coefficient (Wildman–Crippen LogP) is 2.49. The van der Waals surface area contributed by atoms with Crippen molar-refractivity contribution in [1.82, 2.24) is 0 Å². The topological polar surface area (TPSA) is 20.2 Å². The lowest BCUT2D eigenvalue weighted by Gasteiger charge is -1.93. The molecule has 1 N–H and O–H groups in total. The van der Waals surface area contributed by atoms with E-state index in [4.69, 9.17) is 5.11 Å². The second kappa shape index (κ2) is 3.14. The highest BCUT2D eigenvalue weighted by Crippen LogP contribution is 2.09. The molecular formula is C8H6F2O. The molecule has 0 heterocycles. The van der Waals surface area contributed by atoms with Crippen molar-refractivity contribution in [3.63, 3.8) is 0 Å². The van der Waals surface area contributed by atoms with Crippen LogP contribution in [0, 0.1) is 11.6 Å². The van der Waals surface area contributed by atoms with Crippen LogP contribution in [0.25, 0.3) is 6.08 Å². The maximum absolute atomic E-state index is 12.4. The lowest BCUT2D eigenvalue weighted by molar-refractivity contribution is 0.478. The van der Waals surface area contributed by atoms with Gasteiger partial charge in [0.25, 0.3) is 0 Å². The monoisotopic (exact) mass is 156 g/mol. The molecule has 1 rings (SSSR count). The maximum atomic E-state index is 12.4. The summed E-state index contributed by atoms with van der Waals surface area (Å²) in [5.74, 6) is -1.80. The zero-order valence-corrected chi connectivity index (χ0v) is 5.59. The van der Waals surface area contributed by atoms with Gasteiger partial charge in [-0.3, -0.25) is 0 Å². The lowest BCUT2D eigenvalue weighted by atomic mass is 10.2. The van der Waals surface area contributed by atoms with Crippen molar-refractivity contribution in [2.45, 2.75) is 0 Å². The Labute approximate surface area is 62.6 Å². The number of halogens is 2. The van der Waals surface area contributed by atoms with Gasteiger partial charge in [-0.05, 0) is 23.8 Å². The van der Waals surface area contributed by atoms with Crippen molar-refractivity contribution >= 4 is 6.08 Å². The molecule has 0 radical (unpaired) electrons. The Balaban J connectivity index is 3.05. The van der Waals surface area contributed by atoms with Gasteiger partial charge in [-0.15, -0.1) is 0 Å². The molecular weight excluding hydrogens is 150 g/mol. The van der Waals surface area contributed by atoms with E-state index < -0.39 is 11.6 Å². The van der Waals surface area contributed by atoms with Crippen LogP contribution in [0.5, 0.6) is 0 Å². The molecule has 0 aliphatic carbocycles. The van der Waals surface area contributed by atoms with E-state index in [0.717, 1.165) is 18.4 Å². The van der Waals surface area contributed by atoms with Crippen LogP contribution >= 0.6 is 0 Å². The third-order valence-corrected chi connectivity index (χ3v) is 1.21. The fourth-order valence-corrected chi connectivity index (χ4v) is 0.702. The van der Waals surface area contributed by atoms with Crippen LogP contribution in [0.15, 0.2) is 24.5 Å². The summed E-state index contributed by atoms with van der Waals surface area (Å²) < 4.78 is 24.7. The van der Waals surface area contributed by atoms with Crippen LogP contribution in [-0.2, 0) is 0 Å². The molecule has 0 atom stereocenters. The molecule has 1 aromatic rings. The van der Waals surface area contributed by atoms with E-state index in [0.29, 0.717) is 5.56 Å². The van der Waals surface area contributed by atoms with Crippen LogP contribution in [0.2, 0.25) is 0 Å². The van der Waals surface area contributed by atoms with Crippen LogP contribution < -0.4 is 0 Å². The van der Waals surface area contributed by atoms with E-state index >= 15 is 0 Å². The number of aliphatic hydroxyl groups is 1. The van der Waals surface area contributed by atoms with Gasteiger partial charge >= 0.3 is 0 Å². The third-order valence-electron chi connectivity index (χ3n) is 1.21. The van der Waals surface area contributed by atoms with E-state index in [1.807, 2.05) is 0 Å². The van der Waals surface area contributed by atoms with Gasteiger partial charge in [-0.2, -0.15) is 0 Å². The molecule has 11 heavy (non-hydrogen) atoms. The first-order valence-electron chi connectivity index (χ1n) is 3.00. The summed E-state index contributed by atoms with van der Waals surface area (Å²) in [6, 6.07) is 3.37. The van der Waals surface area contributed by atoms with Crippen molar-refractivity contribution < 1.29 is 13.9 Å². The highest BCUT2D eigenvalue weighted by molar-refractivity contribution is 5.47. The summed E-state index contributed by atoms with van der Waals surface area (Å²) >= 11 is 0. The minimum absolute atomic E-state index is 0.423. The second-order valence-electron chi connectivity index (χ2n) is 1.99. The van der Waals surface area contributed by atoms with Gasteiger partial charge in [-0.1, -0.05) is 6.07 Å². The normalized spacial score (nSPS) is 10.7. The largest absolute Gasteiger partial charge is 0.516 e. The zero-order chi connectivity index (χ0) is 8.27. The Hall–Kier alpha value is -1.38. The molecule has 0 bridgehead atoms. The van der Waals surface area contributed by atoms with Gasteiger partial charge in [-0.25, -0.2) is 8.78 Å². The van der Waals surface area contributed by atoms with Gasteiger partial charge in [0.1, 0.15) is 0 Å². The SMILES string of the molecule is O/C=C/c1ccc(F)c(F)c1. The molecule has 58 valence electrons. The Bertz CT molecular complexity index is 281. The first-order valence-corrected chi connectivity index (χ1v) is 3.00. The zero-order valence-electron chi connectivity index (χ0n) is 5.59. The molecule has 0 spiro atoms. The van der Waals surface area contributed by atoms with E-state index in [1.165, 1.54) is 12.1 Å². The first kappa shape index (κ1) is 7.72. The molecule has 0 unspecified atom stereocenters. The molecule has 1 aromatic carbocycles. The van der Waals surface area contributed by atoms with Crippen LogP contribution in [0.3, 0.4) is 0 Å². The van der Waals surface area contributed by atoms with Crippen molar-refractivity contribution in [3.8, 4) is 0 Å². The van der Waals surface area contributed by atoms with Gasteiger partial charge in [0.2, 0.25) is 0 Å². The average Bonchev–Trinajstić information content (AvgIpc) is 1.98. The van der Waals surface area contributed by atoms with Gasteiger partial charge in [0.05, 0.1) is 6.26 Å². The molecule has 0 saturated carbocycles. The molecule has 0 aliphatic rings. The highest BCUT2D eigenvalue weighted by atomic mass is 19.2. The van der Waals surface area contributed by atoms with Crippen molar-refractivity contribution in [1.29, 1.82) is 0 Å². The summed E-state index contributed by atoms with van der Waals surface area (Å²) in [7, 11) is 0. The predicted molar refractivity (Wildman–Crippen MR) is 38.0 cm³/mol. The minimum atomic E-state index is -0.916. The van der Waals surface area contributed by atoms with Crippen molar-refractivity contribution in [2.24, 2.45) is 0 Å². The molecule has 3 heteroatoms. The van der Waals surface area contributed by atoms with Crippen molar-refractivity contribution in [3.05, 3.63) is 41.7 Å². The molecule has 0 saturated heterocycles. The van der Waals surface area contributed by atoms with E-state index in [1.54, 1.807) is 0 Å². The fraction of sp³-hybridized carbons (Fsp3) is 0. The number of hydrogen-bond acceptors (Lipinski definition) is 1. The Morgan fingerprint density at radius 3 is 2.45 bits per heavy atom. The number of hydrogen-bond donors (Lipinski definition) is 1. The molecule has 0 amide bonds. The standard InChI is InChI=1S/C8H6F2O/c9-7-2-1-6(3-4-11)5-8(7)10/h1-5,11H/b4-3+. The van der Waals surface area contributed by atoms with Crippen molar-refractivity contribution in [2.75, 3.05) is 0 Å². The number of benzene rings is 1. The van der Waals surface area contributed by atoms with Crippen LogP contribution in [0.4, 0.5) is 8.78 Å². The fourth-order valence-electron chi connectivity index (χ4n) is 0.702. The summed E-state index contributed by atoms with van der Waals surface area (Å²) in [4.78, 5) is 0. The summed E-state index contributed by atoms with van der Waals surface area (Å²) in [6.45, 7) is 0. The Morgan fingerprint density at radius 1 is 1.18 bits per heavy atom.